The highest BCUT2D eigenvalue weighted by Crippen LogP contribution is 2.28. The minimum absolute atomic E-state index is 0.118. The Hall–Kier alpha value is -2.29. The smallest absolute Gasteiger partial charge is 0.255 e. The molecule has 0 saturated carbocycles. The highest BCUT2D eigenvalue weighted by atomic mass is 16.5. The SMILES string of the molecule is COCCC1CNCCN1Cc1ccc2c(c1)C(=O)N(C1CCC(=O)NC1=O)C2. The zero-order valence-corrected chi connectivity index (χ0v) is 16.8. The molecule has 2 atom stereocenters. The summed E-state index contributed by atoms with van der Waals surface area (Å²) in [4.78, 5) is 40.6. The van der Waals surface area contributed by atoms with Crippen molar-refractivity contribution in [1.82, 2.24) is 20.4 Å². The molecule has 0 aromatic heterocycles. The normalized spacial score (nSPS) is 25.3. The van der Waals surface area contributed by atoms with E-state index in [1.165, 1.54) is 0 Å². The van der Waals surface area contributed by atoms with Crippen LogP contribution in [0.15, 0.2) is 18.2 Å². The van der Waals surface area contributed by atoms with Gasteiger partial charge in [-0.25, -0.2) is 0 Å². The van der Waals surface area contributed by atoms with Crippen molar-refractivity contribution in [2.75, 3.05) is 33.4 Å². The highest BCUT2D eigenvalue weighted by molar-refractivity contribution is 6.05. The van der Waals surface area contributed by atoms with E-state index in [1.807, 2.05) is 12.1 Å². The molecule has 1 aromatic rings. The molecule has 0 bridgehead atoms. The number of imide groups is 1. The number of carbonyl (C=O) groups is 3. The van der Waals surface area contributed by atoms with Crippen LogP contribution < -0.4 is 10.6 Å². The summed E-state index contributed by atoms with van der Waals surface area (Å²) in [6.07, 6.45) is 1.63. The van der Waals surface area contributed by atoms with Crippen LogP contribution in [0, 0.1) is 0 Å². The molecule has 8 heteroatoms. The van der Waals surface area contributed by atoms with E-state index in [1.54, 1.807) is 12.0 Å². The topological polar surface area (TPSA) is 91.0 Å². The standard InChI is InChI=1S/C21H28N4O4/c1-29-9-6-16-11-22-7-8-24(16)12-14-2-3-15-13-25(21(28)17(15)10-14)18-4-5-19(26)23-20(18)27/h2-3,10,16,18,22H,4-9,11-13H2,1H3,(H,23,26,27). The summed E-state index contributed by atoms with van der Waals surface area (Å²) < 4.78 is 5.24. The molecule has 2 N–H and O–H groups in total. The van der Waals surface area contributed by atoms with Gasteiger partial charge in [0.25, 0.3) is 5.91 Å². The summed E-state index contributed by atoms with van der Waals surface area (Å²) in [5.74, 6) is -0.756. The van der Waals surface area contributed by atoms with Crippen LogP contribution in [0.1, 0.15) is 40.7 Å². The van der Waals surface area contributed by atoms with Gasteiger partial charge in [0.2, 0.25) is 11.8 Å². The van der Waals surface area contributed by atoms with E-state index in [9.17, 15) is 14.4 Å². The minimum atomic E-state index is -0.567. The lowest BCUT2D eigenvalue weighted by Crippen LogP contribution is -2.52. The Morgan fingerprint density at radius 2 is 2.10 bits per heavy atom. The maximum atomic E-state index is 13.0. The third-order valence-corrected chi connectivity index (χ3v) is 6.11. The maximum Gasteiger partial charge on any atom is 0.255 e. The van der Waals surface area contributed by atoms with Gasteiger partial charge in [-0.1, -0.05) is 12.1 Å². The van der Waals surface area contributed by atoms with Gasteiger partial charge in [-0.3, -0.25) is 24.6 Å². The highest BCUT2D eigenvalue weighted by Gasteiger charge is 2.39. The second kappa shape index (κ2) is 8.61. The van der Waals surface area contributed by atoms with Crippen molar-refractivity contribution in [3.8, 4) is 0 Å². The Labute approximate surface area is 170 Å². The molecular weight excluding hydrogens is 372 g/mol. The van der Waals surface area contributed by atoms with E-state index < -0.39 is 6.04 Å². The Bertz CT molecular complexity index is 812. The molecule has 4 rings (SSSR count). The minimum Gasteiger partial charge on any atom is -0.385 e. The van der Waals surface area contributed by atoms with Gasteiger partial charge in [-0.05, 0) is 30.0 Å². The molecule has 29 heavy (non-hydrogen) atoms. The number of amides is 3. The van der Waals surface area contributed by atoms with E-state index in [0.29, 0.717) is 24.6 Å². The van der Waals surface area contributed by atoms with Crippen molar-refractivity contribution >= 4 is 17.7 Å². The Morgan fingerprint density at radius 3 is 2.90 bits per heavy atom. The lowest BCUT2D eigenvalue weighted by molar-refractivity contribution is -0.136. The van der Waals surface area contributed by atoms with Crippen molar-refractivity contribution < 1.29 is 19.1 Å². The summed E-state index contributed by atoms with van der Waals surface area (Å²) >= 11 is 0. The molecule has 3 aliphatic heterocycles. The third-order valence-electron chi connectivity index (χ3n) is 6.11. The van der Waals surface area contributed by atoms with Gasteiger partial charge in [-0.15, -0.1) is 0 Å². The number of piperidine rings is 1. The number of hydrogen-bond acceptors (Lipinski definition) is 6. The van der Waals surface area contributed by atoms with Gasteiger partial charge < -0.3 is 15.0 Å². The molecule has 3 amide bonds. The summed E-state index contributed by atoms with van der Waals surface area (Å²) in [5.41, 5.74) is 2.72. The fraction of sp³-hybridized carbons (Fsp3) is 0.571. The van der Waals surface area contributed by atoms with Gasteiger partial charge in [-0.2, -0.15) is 0 Å². The molecule has 156 valence electrons. The number of rotatable bonds is 6. The number of ether oxygens (including phenoxy) is 1. The van der Waals surface area contributed by atoms with Crippen molar-refractivity contribution in [3.63, 3.8) is 0 Å². The molecule has 0 radical (unpaired) electrons. The van der Waals surface area contributed by atoms with E-state index >= 15 is 0 Å². The van der Waals surface area contributed by atoms with E-state index in [2.05, 4.69) is 21.6 Å². The average molecular weight is 400 g/mol. The molecule has 3 heterocycles. The van der Waals surface area contributed by atoms with Crippen LogP contribution in [0.4, 0.5) is 0 Å². The van der Waals surface area contributed by atoms with Crippen molar-refractivity contribution in [2.24, 2.45) is 0 Å². The summed E-state index contributed by atoms with van der Waals surface area (Å²) in [6.45, 7) is 4.79. The largest absolute Gasteiger partial charge is 0.385 e. The second-order valence-corrected chi connectivity index (χ2v) is 8.00. The maximum absolute atomic E-state index is 13.0. The van der Waals surface area contributed by atoms with Crippen LogP contribution in [0.2, 0.25) is 0 Å². The molecule has 8 nitrogen and oxygen atoms in total. The molecular formula is C21H28N4O4. The zero-order chi connectivity index (χ0) is 20.4. The molecule has 1 aromatic carbocycles. The predicted molar refractivity (Wildman–Crippen MR) is 106 cm³/mol. The number of hydrogen-bond donors (Lipinski definition) is 2. The molecule has 2 saturated heterocycles. The molecule has 2 fully saturated rings. The summed E-state index contributed by atoms with van der Waals surface area (Å²) in [5, 5.41) is 5.78. The van der Waals surface area contributed by atoms with Crippen molar-refractivity contribution in [1.29, 1.82) is 0 Å². The van der Waals surface area contributed by atoms with Crippen LogP contribution >= 0.6 is 0 Å². The van der Waals surface area contributed by atoms with E-state index in [0.717, 1.165) is 50.3 Å². The van der Waals surface area contributed by atoms with Gasteiger partial charge >= 0.3 is 0 Å². The first-order chi connectivity index (χ1) is 14.1. The molecule has 2 unspecified atom stereocenters. The number of nitrogens with one attached hydrogen (secondary N) is 2. The van der Waals surface area contributed by atoms with Gasteiger partial charge in [0.05, 0.1) is 0 Å². The molecule has 0 spiro atoms. The lowest BCUT2D eigenvalue weighted by atomic mass is 10.0. The number of carbonyl (C=O) groups excluding carboxylic acids is 3. The fourth-order valence-electron chi connectivity index (χ4n) is 4.48. The first kappa shape index (κ1) is 20.0. The second-order valence-electron chi connectivity index (χ2n) is 8.00. The lowest BCUT2D eigenvalue weighted by Gasteiger charge is -2.36. The van der Waals surface area contributed by atoms with Crippen LogP contribution in [-0.2, 0) is 27.4 Å². The van der Waals surface area contributed by atoms with Crippen LogP contribution in [0.25, 0.3) is 0 Å². The zero-order valence-electron chi connectivity index (χ0n) is 16.8. The number of piperazine rings is 1. The van der Waals surface area contributed by atoms with Crippen molar-refractivity contribution in [3.05, 3.63) is 34.9 Å². The monoisotopic (exact) mass is 400 g/mol. The first-order valence-corrected chi connectivity index (χ1v) is 10.3. The van der Waals surface area contributed by atoms with E-state index in [-0.39, 0.29) is 24.1 Å². The number of fused-ring (bicyclic) bond motifs is 1. The number of methoxy groups -OCH3 is 1. The quantitative estimate of drug-likeness (QED) is 0.666. The molecule has 0 aliphatic carbocycles. The van der Waals surface area contributed by atoms with E-state index in [4.69, 9.17) is 4.74 Å². The van der Waals surface area contributed by atoms with Crippen LogP contribution in [-0.4, -0.2) is 73.0 Å². The van der Waals surface area contributed by atoms with Crippen LogP contribution in [0.5, 0.6) is 0 Å². The Kier molecular flexibility index (Phi) is 5.94. The Balaban J connectivity index is 1.46. The average Bonchev–Trinajstić information content (AvgIpc) is 3.03. The molecule has 3 aliphatic rings. The first-order valence-electron chi connectivity index (χ1n) is 10.3. The summed E-state index contributed by atoms with van der Waals surface area (Å²) in [6, 6.07) is 5.89. The van der Waals surface area contributed by atoms with Gasteiger partial charge in [0.15, 0.2) is 0 Å². The summed E-state index contributed by atoms with van der Waals surface area (Å²) in [7, 11) is 1.72. The fourth-order valence-corrected chi connectivity index (χ4v) is 4.48. The Morgan fingerprint density at radius 1 is 1.24 bits per heavy atom. The third kappa shape index (κ3) is 4.19. The van der Waals surface area contributed by atoms with Crippen LogP contribution in [0.3, 0.4) is 0 Å². The van der Waals surface area contributed by atoms with Gasteiger partial charge in [0, 0.05) is 64.5 Å². The van der Waals surface area contributed by atoms with Crippen molar-refractivity contribution in [2.45, 2.75) is 44.4 Å². The number of nitrogens with zero attached hydrogens (tertiary/aromatic N) is 2. The number of benzene rings is 1. The predicted octanol–water partition coefficient (Wildman–Crippen LogP) is 0.258. The van der Waals surface area contributed by atoms with Gasteiger partial charge in [0.1, 0.15) is 6.04 Å².